The fraction of sp³-hybridized carbons (Fsp3) is 0.0476. The van der Waals surface area contributed by atoms with Gasteiger partial charge < -0.3 is 5.32 Å². The summed E-state index contributed by atoms with van der Waals surface area (Å²) < 4.78 is 0. The van der Waals surface area contributed by atoms with Gasteiger partial charge in [-0.1, -0.05) is 60.1 Å². The van der Waals surface area contributed by atoms with Gasteiger partial charge in [0.1, 0.15) is 0 Å². The summed E-state index contributed by atoms with van der Waals surface area (Å²) in [6, 6.07) is 22.0. The van der Waals surface area contributed by atoms with E-state index in [0.717, 1.165) is 11.1 Å². The van der Waals surface area contributed by atoms with Crippen molar-refractivity contribution in [2.24, 2.45) is 0 Å². The van der Waals surface area contributed by atoms with E-state index in [4.69, 9.17) is 11.6 Å². The summed E-state index contributed by atoms with van der Waals surface area (Å²) in [7, 11) is 0. The van der Waals surface area contributed by atoms with Gasteiger partial charge in [0.2, 0.25) is 0 Å². The first-order chi connectivity index (χ1) is 12.6. The molecule has 2 aliphatic rings. The number of halogens is 1. The average Bonchev–Trinajstić information content (AvgIpc) is 2.93. The summed E-state index contributed by atoms with van der Waals surface area (Å²) in [4.78, 5) is 27.9. The molecule has 5 rings (SSSR count). The Morgan fingerprint density at radius 3 is 2.38 bits per heavy atom. The third kappa shape index (κ3) is 1.79. The molecule has 126 valence electrons. The van der Waals surface area contributed by atoms with Gasteiger partial charge in [-0.05, 0) is 24.3 Å². The minimum absolute atomic E-state index is 0.145. The molecule has 0 fully saturated rings. The number of nitrogens with one attached hydrogen (secondary N) is 1. The maximum absolute atomic E-state index is 13.3. The summed E-state index contributed by atoms with van der Waals surface area (Å²) in [6.07, 6.45) is 0. The van der Waals surface area contributed by atoms with Crippen LogP contribution in [0.15, 0.2) is 72.8 Å². The molecule has 0 aromatic heterocycles. The molecule has 4 nitrogen and oxygen atoms in total. The van der Waals surface area contributed by atoms with Crippen molar-refractivity contribution in [2.45, 2.75) is 5.66 Å². The average molecular weight is 361 g/mol. The number of nitrogens with zero attached hydrogens (tertiary/aromatic N) is 1. The molecule has 0 bridgehead atoms. The SMILES string of the molecule is O=C1NC2(c3ccccc3)c3ccccc3C(=O)N2c2ccc(Cl)cc21. The summed E-state index contributed by atoms with van der Waals surface area (Å²) in [5.41, 5.74) is 2.07. The Kier molecular flexibility index (Phi) is 3.03. The molecule has 0 aliphatic carbocycles. The van der Waals surface area contributed by atoms with Gasteiger partial charge in [0.15, 0.2) is 5.66 Å². The second-order valence-corrected chi connectivity index (χ2v) is 6.81. The van der Waals surface area contributed by atoms with Gasteiger partial charge in [0.05, 0.1) is 11.3 Å². The number of anilines is 1. The van der Waals surface area contributed by atoms with Crippen LogP contribution in [-0.2, 0) is 5.66 Å². The number of carbonyl (C=O) groups excluding carboxylic acids is 2. The molecule has 1 unspecified atom stereocenters. The monoisotopic (exact) mass is 360 g/mol. The van der Waals surface area contributed by atoms with Crippen LogP contribution < -0.4 is 10.2 Å². The van der Waals surface area contributed by atoms with Crippen LogP contribution >= 0.6 is 11.6 Å². The summed E-state index contributed by atoms with van der Waals surface area (Å²) in [5.74, 6) is -0.403. The minimum atomic E-state index is -1.06. The van der Waals surface area contributed by atoms with E-state index in [-0.39, 0.29) is 11.8 Å². The quantitative estimate of drug-likeness (QED) is 0.714. The van der Waals surface area contributed by atoms with E-state index in [1.165, 1.54) is 0 Å². The van der Waals surface area contributed by atoms with Crippen LogP contribution in [0.4, 0.5) is 5.69 Å². The van der Waals surface area contributed by atoms with Crippen LogP contribution in [0, 0.1) is 0 Å². The van der Waals surface area contributed by atoms with Crippen molar-refractivity contribution in [1.82, 2.24) is 5.32 Å². The highest BCUT2D eigenvalue weighted by Gasteiger charge is 2.55. The van der Waals surface area contributed by atoms with Crippen LogP contribution in [-0.4, -0.2) is 11.8 Å². The highest BCUT2D eigenvalue weighted by Crippen LogP contribution is 2.48. The van der Waals surface area contributed by atoms with E-state index < -0.39 is 5.66 Å². The number of rotatable bonds is 1. The fourth-order valence-electron chi connectivity index (χ4n) is 3.94. The molecule has 2 amide bonds. The molecule has 0 saturated carbocycles. The zero-order valence-corrected chi connectivity index (χ0v) is 14.3. The van der Waals surface area contributed by atoms with Crippen molar-refractivity contribution in [1.29, 1.82) is 0 Å². The van der Waals surface area contributed by atoms with Gasteiger partial charge in [0.25, 0.3) is 11.8 Å². The van der Waals surface area contributed by atoms with Crippen molar-refractivity contribution < 1.29 is 9.59 Å². The Bertz CT molecular complexity index is 1080. The largest absolute Gasteiger partial charge is 0.321 e. The highest BCUT2D eigenvalue weighted by atomic mass is 35.5. The molecule has 0 saturated heterocycles. The second-order valence-electron chi connectivity index (χ2n) is 6.38. The van der Waals surface area contributed by atoms with Gasteiger partial charge in [-0.2, -0.15) is 0 Å². The Morgan fingerprint density at radius 1 is 0.846 bits per heavy atom. The predicted octanol–water partition coefficient (Wildman–Crippen LogP) is 3.94. The third-order valence-electron chi connectivity index (χ3n) is 5.02. The zero-order chi connectivity index (χ0) is 17.9. The molecule has 0 radical (unpaired) electrons. The lowest BCUT2D eigenvalue weighted by Crippen LogP contribution is -2.60. The van der Waals surface area contributed by atoms with Gasteiger partial charge >= 0.3 is 0 Å². The van der Waals surface area contributed by atoms with Crippen molar-refractivity contribution in [2.75, 3.05) is 4.90 Å². The predicted molar refractivity (Wildman–Crippen MR) is 99.4 cm³/mol. The lowest BCUT2D eigenvalue weighted by molar-refractivity contribution is 0.0878. The van der Waals surface area contributed by atoms with Crippen LogP contribution in [0.2, 0.25) is 5.02 Å². The first-order valence-electron chi connectivity index (χ1n) is 8.24. The third-order valence-corrected chi connectivity index (χ3v) is 5.25. The summed E-state index contributed by atoms with van der Waals surface area (Å²) in [5, 5.41) is 3.54. The molecule has 2 heterocycles. The lowest BCUT2D eigenvalue weighted by Gasteiger charge is -2.44. The standard InChI is InChI=1S/C21H13ClN2O2/c22-14-10-11-18-16(12-14)19(25)23-21(13-6-2-1-3-7-13)17-9-5-4-8-15(17)20(26)24(18)21/h1-12H,(H,23,25). The number of amides is 2. The maximum Gasteiger partial charge on any atom is 0.261 e. The van der Waals surface area contributed by atoms with Gasteiger partial charge in [-0.25, -0.2) is 0 Å². The smallest absolute Gasteiger partial charge is 0.261 e. The molecule has 3 aromatic rings. The highest BCUT2D eigenvalue weighted by molar-refractivity contribution is 6.31. The van der Waals surface area contributed by atoms with Crippen molar-refractivity contribution in [3.05, 3.63) is 100 Å². The Morgan fingerprint density at radius 2 is 1.58 bits per heavy atom. The Hall–Kier alpha value is -3.11. The molecule has 0 spiro atoms. The molecule has 2 aliphatic heterocycles. The van der Waals surface area contributed by atoms with Gasteiger partial charge in [-0.3, -0.25) is 14.5 Å². The van der Waals surface area contributed by atoms with Crippen LogP contribution in [0.25, 0.3) is 0 Å². The molecule has 1 N–H and O–H groups in total. The number of hydrogen-bond acceptors (Lipinski definition) is 2. The van der Waals surface area contributed by atoms with E-state index in [1.807, 2.05) is 48.5 Å². The lowest BCUT2D eigenvalue weighted by atomic mass is 9.88. The van der Waals surface area contributed by atoms with E-state index in [1.54, 1.807) is 29.2 Å². The second kappa shape index (κ2) is 5.19. The molecule has 26 heavy (non-hydrogen) atoms. The Labute approximate surface area is 155 Å². The van der Waals surface area contributed by atoms with Crippen LogP contribution in [0.3, 0.4) is 0 Å². The molecule has 5 heteroatoms. The van der Waals surface area contributed by atoms with Gasteiger partial charge in [0, 0.05) is 21.7 Å². The number of carbonyl (C=O) groups is 2. The molecule has 3 aromatic carbocycles. The first-order valence-corrected chi connectivity index (χ1v) is 8.62. The number of fused-ring (bicyclic) bond motifs is 5. The maximum atomic E-state index is 13.3. The zero-order valence-electron chi connectivity index (χ0n) is 13.6. The van der Waals surface area contributed by atoms with E-state index in [9.17, 15) is 9.59 Å². The topological polar surface area (TPSA) is 49.4 Å². The van der Waals surface area contributed by atoms with Crippen LogP contribution in [0.5, 0.6) is 0 Å². The van der Waals surface area contributed by atoms with Crippen LogP contribution in [0.1, 0.15) is 31.8 Å². The number of hydrogen-bond donors (Lipinski definition) is 1. The van der Waals surface area contributed by atoms with E-state index in [0.29, 0.717) is 21.8 Å². The van der Waals surface area contributed by atoms with Gasteiger partial charge in [-0.15, -0.1) is 0 Å². The van der Waals surface area contributed by atoms with Crippen molar-refractivity contribution >= 4 is 29.1 Å². The fourth-order valence-corrected chi connectivity index (χ4v) is 4.12. The van der Waals surface area contributed by atoms with E-state index in [2.05, 4.69) is 5.32 Å². The van der Waals surface area contributed by atoms with Crippen molar-refractivity contribution in [3.63, 3.8) is 0 Å². The Balaban J connectivity index is 1.88. The van der Waals surface area contributed by atoms with E-state index >= 15 is 0 Å². The normalized spacial score (nSPS) is 20.3. The molecular formula is C21H13ClN2O2. The first kappa shape index (κ1) is 15.2. The summed E-state index contributed by atoms with van der Waals surface area (Å²) in [6.45, 7) is 0. The molecular weight excluding hydrogens is 348 g/mol. The molecule has 1 atom stereocenters. The van der Waals surface area contributed by atoms with Crippen molar-refractivity contribution in [3.8, 4) is 0 Å². The summed E-state index contributed by atoms with van der Waals surface area (Å²) >= 11 is 6.08. The minimum Gasteiger partial charge on any atom is -0.321 e. The number of benzene rings is 3.